The molecule has 0 spiro atoms. The van der Waals surface area contributed by atoms with Gasteiger partial charge in [0.2, 0.25) is 0 Å². The summed E-state index contributed by atoms with van der Waals surface area (Å²) in [6.45, 7) is 0. The van der Waals surface area contributed by atoms with Crippen molar-refractivity contribution >= 4 is 72.4 Å². The zero-order valence-electron chi connectivity index (χ0n) is 32.1. The van der Waals surface area contributed by atoms with Crippen LogP contribution in [0.3, 0.4) is 0 Å². The molecule has 0 radical (unpaired) electrons. The second-order valence-electron chi connectivity index (χ2n) is 15.9. The zero-order chi connectivity index (χ0) is 37.8. The fraction of sp³-hybridized carbons (Fsp3) is 0.111. The van der Waals surface area contributed by atoms with Gasteiger partial charge in [0.05, 0.1) is 27.8 Å². The van der Waals surface area contributed by atoms with E-state index in [1.807, 2.05) is 0 Å². The average Bonchev–Trinajstić information content (AvgIpc) is 3.81. The standard InChI is InChI=1S/C54H44N2Si/c1-5-19-39(20-6-1)40-35-36-52-49(37-40)47-30-14-16-33-51(47)56(52)53-34-18-31-48-46-29-13-15-32-50(46)55(54(48)53)41-21-17-28-45(38-41)57(42-22-7-2-8-23-42,43-24-9-3-10-25-43)44-26-11-4-12-27-44/h2-4,7-18,21-39H,1,5-6,19-20H2. The van der Waals surface area contributed by atoms with Gasteiger partial charge < -0.3 is 9.13 Å². The van der Waals surface area contributed by atoms with Gasteiger partial charge in [-0.1, -0.05) is 177 Å². The summed E-state index contributed by atoms with van der Waals surface area (Å²) in [4.78, 5) is 0. The molecule has 2 heterocycles. The van der Waals surface area contributed by atoms with E-state index in [1.165, 1.54) is 113 Å². The van der Waals surface area contributed by atoms with Gasteiger partial charge in [-0.25, -0.2) is 0 Å². The van der Waals surface area contributed by atoms with Gasteiger partial charge in [-0.2, -0.15) is 0 Å². The maximum Gasteiger partial charge on any atom is 0.179 e. The van der Waals surface area contributed by atoms with Crippen LogP contribution in [-0.2, 0) is 0 Å². The molecule has 0 amide bonds. The minimum Gasteiger partial charge on any atom is -0.307 e. The Bertz CT molecular complexity index is 2950. The number of hydrogen-bond donors (Lipinski definition) is 0. The molecular formula is C54H44N2Si. The van der Waals surface area contributed by atoms with Crippen molar-refractivity contribution in [1.82, 2.24) is 9.13 Å². The molecule has 1 saturated carbocycles. The third-order valence-corrected chi connectivity index (χ3v) is 17.6. The minimum absolute atomic E-state index is 0.654. The first-order valence-electron chi connectivity index (χ1n) is 20.6. The van der Waals surface area contributed by atoms with Gasteiger partial charge in [0.1, 0.15) is 0 Å². The summed E-state index contributed by atoms with van der Waals surface area (Å²) in [5.41, 5.74) is 8.81. The number of hydrogen-bond acceptors (Lipinski definition) is 0. The van der Waals surface area contributed by atoms with E-state index in [9.17, 15) is 0 Å². The van der Waals surface area contributed by atoms with Crippen LogP contribution in [-0.4, -0.2) is 17.2 Å². The molecule has 2 nitrogen and oxygen atoms in total. The Balaban J connectivity index is 1.20. The summed E-state index contributed by atoms with van der Waals surface area (Å²) in [5, 5.41) is 10.7. The molecule has 1 aliphatic rings. The minimum atomic E-state index is -2.76. The molecule has 0 aliphatic heterocycles. The van der Waals surface area contributed by atoms with E-state index in [-0.39, 0.29) is 0 Å². The van der Waals surface area contributed by atoms with Crippen molar-refractivity contribution in [2.45, 2.75) is 38.0 Å². The number of para-hydroxylation sites is 3. The van der Waals surface area contributed by atoms with E-state index >= 15 is 0 Å². The van der Waals surface area contributed by atoms with Gasteiger partial charge in [0.25, 0.3) is 0 Å². The smallest absolute Gasteiger partial charge is 0.179 e. The highest BCUT2D eigenvalue weighted by molar-refractivity contribution is 7.19. The topological polar surface area (TPSA) is 9.86 Å². The third-order valence-electron chi connectivity index (χ3n) is 12.8. The summed E-state index contributed by atoms with van der Waals surface area (Å²) in [6, 6.07) is 75.4. The predicted molar refractivity (Wildman–Crippen MR) is 245 cm³/mol. The lowest BCUT2D eigenvalue weighted by Crippen LogP contribution is -2.74. The summed E-state index contributed by atoms with van der Waals surface area (Å²) in [7, 11) is -2.76. The van der Waals surface area contributed by atoms with Crippen LogP contribution in [0.4, 0.5) is 0 Å². The maximum atomic E-state index is 2.54. The summed E-state index contributed by atoms with van der Waals surface area (Å²) in [5.74, 6) is 0.654. The Morgan fingerprint density at radius 1 is 0.368 bits per heavy atom. The largest absolute Gasteiger partial charge is 0.307 e. The Morgan fingerprint density at radius 3 is 1.53 bits per heavy atom. The van der Waals surface area contributed by atoms with E-state index in [2.05, 4.69) is 209 Å². The number of aromatic nitrogens is 2. The van der Waals surface area contributed by atoms with Gasteiger partial charge in [-0.15, -0.1) is 0 Å². The monoisotopic (exact) mass is 748 g/mol. The Kier molecular flexibility index (Phi) is 8.29. The van der Waals surface area contributed by atoms with Gasteiger partial charge in [0, 0.05) is 27.2 Å². The van der Waals surface area contributed by atoms with Crippen LogP contribution in [0, 0.1) is 0 Å². The second kappa shape index (κ2) is 13.9. The van der Waals surface area contributed by atoms with E-state index in [4.69, 9.17) is 0 Å². The molecule has 0 N–H and O–H groups in total. The van der Waals surface area contributed by atoms with E-state index in [1.54, 1.807) is 0 Å². The molecule has 2 aromatic heterocycles. The molecule has 1 aliphatic carbocycles. The third kappa shape index (κ3) is 5.37. The quantitative estimate of drug-likeness (QED) is 0.113. The SMILES string of the molecule is c1ccc([Si](c2ccccc2)(c2ccccc2)c2cccc(-n3c4ccccc4c4cccc(-n5c6ccccc6c6cc(C7CCCCC7)ccc65)c43)c2)cc1. The number of rotatable bonds is 7. The van der Waals surface area contributed by atoms with Gasteiger partial charge >= 0.3 is 0 Å². The first-order valence-corrected chi connectivity index (χ1v) is 22.6. The highest BCUT2D eigenvalue weighted by Crippen LogP contribution is 2.41. The summed E-state index contributed by atoms with van der Waals surface area (Å²) in [6.07, 6.45) is 6.64. The fourth-order valence-electron chi connectivity index (χ4n) is 10.3. The van der Waals surface area contributed by atoms with Crippen molar-refractivity contribution < 1.29 is 0 Å². The zero-order valence-corrected chi connectivity index (χ0v) is 33.1. The average molecular weight is 749 g/mol. The summed E-state index contributed by atoms with van der Waals surface area (Å²) >= 11 is 0. The molecule has 0 unspecified atom stereocenters. The molecule has 0 bridgehead atoms. The lowest BCUT2D eigenvalue weighted by Gasteiger charge is -2.34. The van der Waals surface area contributed by atoms with Crippen LogP contribution >= 0.6 is 0 Å². The van der Waals surface area contributed by atoms with Crippen LogP contribution in [0.5, 0.6) is 0 Å². The van der Waals surface area contributed by atoms with Crippen LogP contribution in [0.25, 0.3) is 55.0 Å². The van der Waals surface area contributed by atoms with Crippen molar-refractivity contribution in [2.24, 2.45) is 0 Å². The Morgan fingerprint density at radius 2 is 0.877 bits per heavy atom. The second-order valence-corrected chi connectivity index (χ2v) is 19.7. The van der Waals surface area contributed by atoms with Crippen LogP contribution < -0.4 is 20.7 Å². The molecule has 8 aromatic carbocycles. The highest BCUT2D eigenvalue weighted by atomic mass is 28.3. The number of fused-ring (bicyclic) bond motifs is 6. The molecule has 0 atom stereocenters. The van der Waals surface area contributed by atoms with Crippen molar-refractivity contribution in [1.29, 1.82) is 0 Å². The number of benzene rings is 8. The molecule has 11 rings (SSSR count). The van der Waals surface area contributed by atoms with Crippen LogP contribution in [0.15, 0.2) is 200 Å². The van der Waals surface area contributed by atoms with Crippen LogP contribution in [0.1, 0.15) is 43.6 Å². The highest BCUT2D eigenvalue weighted by Gasteiger charge is 2.41. The fourth-order valence-corrected chi connectivity index (χ4v) is 15.1. The predicted octanol–water partition coefficient (Wildman–Crippen LogP) is 11.3. The van der Waals surface area contributed by atoms with Crippen LogP contribution in [0.2, 0.25) is 0 Å². The Labute approximate surface area is 335 Å². The van der Waals surface area contributed by atoms with Crippen molar-refractivity contribution in [3.8, 4) is 11.4 Å². The molecule has 10 aromatic rings. The molecule has 274 valence electrons. The van der Waals surface area contributed by atoms with Crippen molar-refractivity contribution in [2.75, 3.05) is 0 Å². The Hall–Kier alpha value is -6.42. The maximum absolute atomic E-state index is 2.76. The van der Waals surface area contributed by atoms with Crippen molar-refractivity contribution in [3.05, 3.63) is 206 Å². The van der Waals surface area contributed by atoms with E-state index in [0.717, 1.165) is 0 Å². The lowest BCUT2D eigenvalue weighted by molar-refractivity contribution is 0.444. The van der Waals surface area contributed by atoms with Gasteiger partial charge in [-0.3, -0.25) is 0 Å². The normalized spacial score (nSPS) is 13.9. The molecule has 57 heavy (non-hydrogen) atoms. The van der Waals surface area contributed by atoms with E-state index < -0.39 is 8.07 Å². The van der Waals surface area contributed by atoms with Gasteiger partial charge in [0.15, 0.2) is 8.07 Å². The van der Waals surface area contributed by atoms with Crippen molar-refractivity contribution in [3.63, 3.8) is 0 Å². The van der Waals surface area contributed by atoms with E-state index in [0.29, 0.717) is 5.92 Å². The molecular weight excluding hydrogens is 705 g/mol. The number of nitrogens with zero attached hydrogens (tertiary/aromatic N) is 2. The lowest BCUT2D eigenvalue weighted by atomic mass is 9.84. The molecule has 3 heteroatoms. The first kappa shape index (κ1) is 33.9. The first-order chi connectivity index (χ1) is 28.3. The van der Waals surface area contributed by atoms with Gasteiger partial charge in [-0.05, 0) is 87.5 Å². The molecule has 0 saturated heterocycles. The summed E-state index contributed by atoms with van der Waals surface area (Å²) < 4.78 is 5.08. The molecule has 1 fully saturated rings.